The van der Waals surface area contributed by atoms with Gasteiger partial charge >= 0.3 is 6.18 Å². The molecule has 1 aliphatic carbocycles. The van der Waals surface area contributed by atoms with Crippen molar-refractivity contribution >= 4 is 15.6 Å². The maximum atomic E-state index is 11.9. The van der Waals surface area contributed by atoms with E-state index in [1.54, 1.807) is 0 Å². The molecule has 0 aliphatic heterocycles. The summed E-state index contributed by atoms with van der Waals surface area (Å²) in [6, 6.07) is 0. The van der Waals surface area contributed by atoms with Crippen molar-refractivity contribution in [3.05, 3.63) is 0 Å². The third-order valence-corrected chi connectivity index (χ3v) is 4.65. The van der Waals surface area contributed by atoms with Crippen molar-refractivity contribution in [2.45, 2.75) is 38.3 Å². The maximum absolute atomic E-state index is 11.9. The van der Waals surface area contributed by atoms with Gasteiger partial charge in [-0.25, -0.2) is 8.42 Å². The molecule has 0 amide bonds. The van der Waals surface area contributed by atoms with Gasteiger partial charge in [-0.3, -0.25) is 4.79 Å². The minimum atomic E-state index is -4.43. The number of sulfone groups is 1. The molecule has 0 unspecified atom stereocenters. The zero-order valence-corrected chi connectivity index (χ0v) is 10.1. The van der Waals surface area contributed by atoms with Crippen LogP contribution in [0.3, 0.4) is 0 Å². The van der Waals surface area contributed by atoms with Gasteiger partial charge in [0, 0.05) is 12.8 Å². The molecule has 100 valence electrons. The summed E-state index contributed by atoms with van der Waals surface area (Å²) in [7, 11) is -3.66. The van der Waals surface area contributed by atoms with Gasteiger partial charge in [-0.2, -0.15) is 13.2 Å². The smallest absolute Gasteiger partial charge is 0.300 e. The van der Waals surface area contributed by atoms with Gasteiger partial charge in [0.05, 0.1) is 17.9 Å². The van der Waals surface area contributed by atoms with Crippen molar-refractivity contribution in [1.29, 1.82) is 0 Å². The quantitative estimate of drug-likeness (QED) is 0.787. The molecule has 1 rings (SSSR count). The Morgan fingerprint density at radius 2 is 1.71 bits per heavy atom. The molecule has 7 heteroatoms. The predicted molar refractivity (Wildman–Crippen MR) is 56.3 cm³/mol. The summed E-state index contributed by atoms with van der Waals surface area (Å²) in [5, 5.41) is 0. The first-order chi connectivity index (χ1) is 7.68. The van der Waals surface area contributed by atoms with E-state index in [2.05, 4.69) is 0 Å². The average Bonchev–Trinajstić information content (AvgIpc) is 2.18. The van der Waals surface area contributed by atoms with Gasteiger partial charge in [0.15, 0.2) is 9.84 Å². The highest BCUT2D eigenvalue weighted by atomic mass is 32.2. The van der Waals surface area contributed by atoms with Gasteiger partial charge in [0.25, 0.3) is 0 Å². The zero-order chi connectivity index (χ0) is 13.1. The molecule has 0 bridgehead atoms. The number of alkyl halides is 3. The van der Waals surface area contributed by atoms with E-state index in [0.29, 0.717) is 25.7 Å². The van der Waals surface area contributed by atoms with Crippen LogP contribution in [0.15, 0.2) is 0 Å². The number of Topliss-reactive ketones (excluding diaryl/α,β-unsaturated/α-hetero) is 1. The molecule has 0 N–H and O–H groups in total. The summed E-state index contributed by atoms with van der Waals surface area (Å²) in [6.07, 6.45) is -4.08. The van der Waals surface area contributed by atoms with E-state index in [0.717, 1.165) is 0 Å². The second kappa shape index (κ2) is 5.37. The minimum Gasteiger partial charge on any atom is -0.300 e. The number of halogens is 3. The van der Waals surface area contributed by atoms with Crippen molar-refractivity contribution in [1.82, 2.24) is 0 Å². The molecular formula is C10H15F3O3S. The van der Waals surface area contributed by atoms with Crippen molar-refractivity contribution in [3.8, 4) is 0 Å². The fourth-order valence-electron chi connectivity index (χ4n) is 1.88. The lowest BCUT2D eigenvalue weighted by Gasteiger charge is -2.20. The maximum Gasteiger partial charge on any atom is 0.390 e. The summed E-state index contributed by atoms with van der Waals surface area (Å²) >= 11 is 0. The Morgan fingerprint density at radius 1 is 1.18 bits per heavy atom. The lowest BCUT2D eigenvalue weighted by atomic mass is 9.90. The van der Waals surface area contributed by atoms with E-state index in [4.69, 9.17) is 0 Å². The van der Waals surface area contributed by atoms with Crippen LogP contribution >= 0.6 is 0 Å². The van der Waals surface area contributed by atoms with E-state index in [1.807, 2.05) is 0 Å². The molecule has 0 spiro atoms. The number of hydrogen-bond acceptors (Lipinski definition) is 3. The summed E-state index contributed by atoms with van der Waals surface area (Å²) in [4.78, 5) is 10.9. The van der Waals surface area contributed by atoms with Crippen LogP contribution in [0.1, 0.15) is 32.1 Å². The SMILES string of the molecule is O=C1CCC(CS(=O)(=O)CCC(F)(F)F)CC1. The Labute approximate surface area is 98.3 Å². The Bertz CT molecular complexity index is 363. The molecule has 0 heterocycles. The highest BCUT2D eigenvalue weighted by molar-refractivity contribution is 7.91. The molecule has 0 aromatic rings. The van der Waals surface area contributed by atoms with E-state index < -0.39 is 28.2 Å². The van der Waals surface area contributed by atoms with Gasteiger partial charge in [0.2, 0.25) is 0 Å². The molecule has 17 heavy (non-hydrogen) atoms. The largest absolute Gasteiger partial charge is 0.390 e. The summed E-state index contributed by atoms with van der Waals surface area (Å²) < 4.78 is 58.6. The van der Waals surface area contributed by atoms with Gasteiger partial charge in [-0.15, -0.1) is 0 Å². The number of carbonyl (C=O) groups excluding carboxylic acids is 1. The van der Waals surface area contributed by atoms with Crippen LogP contribution in [-0.4, -0.2) is 31.9 Å². The van der Waals surface area contributed by atoms with Crippen LogP contribution in [0.5, 0.6) is 0 Å². The molecule has 0 aromatic heterocycles. The highest BCUT2D eigenvalue weighted by Gasteiger charge is 2.31. The van der Waals surface area contributed by atoms with Crippen molar-refractivity contribution in [3.63, 3.8) is 0 Å². The van der Waals surface area contributed by atoms with E-state index >= 15 is 0 Å². The normalized spacial score (nSPS) is 19.6. The minimum absolute atomic E-state index is 0.105. The van der Waals surface area contributed by atoms with E-state index in [1.165, 1.54) is 0 Å². The first-order valence-corrected chi connectivity index (χ1v) is 7.29. The summed E-state index contributed by atoms with van der Waals surface area (Å²) in [5.41, 5.74) is 0. The van der Waals surface area contributed by atoms with Crippen LogP contribution < -0.4 is 0 Å². The zero-order valence-electron chi connectivity index (χ0n) is 9.29. The Morgan fingerprint density at radius 3 is 2.18 bits per heavy atom. The lowest BCUT2D eigenvalue weighted by Crippen LogP contribution is -2.25. The Kier molecular flexibility index (Phi) is 4.57. The third kappa shape index (κ3) is 6.05. The van der Waals surface area contributed by atoms with Crippen LogP contribution in [0.2, 0.25) is 0 Å². The monoisotopic (exact) mass is 272 g/mol. The summed E-state index contributed by atoms with van der Waals surface area (Å²) in [6.45, 7) is 0. The van der Waals surface area contributed by atoms with Gasteiger partial charge in [-0.1, -0.05) is 0 Å². The van der Waals surface area contributed by atoms with Crippen molar-refractivity contribution in [2.24, 2.45) is 5.92 Å². The molecule has 0 radical (unpaired) electrons. The molecule has 3 nitrogen and oxygen atoms in total. The number of rotatable bonds is 4. The molecule has 0 saturated heterocycles. The second-order valence-electron chi connectivity index (χ2n) is 4.46. The Hall–Kier alpha value is -0.590. The fourth-order valence-corrected chi connectivity index (χ4v) is 3.64. The summed E-state index contributed by atoms with van der Waals surface area (Å²) in [5.74, 6) is -1.13. The number of carbonyl (C=O) groups is 1. The molecule has 0 aromatic carbocycles. The van der Waals surface area contributed by atoms with Gasteiger partial charge < -0.3 is 0 Å². The van der Waals surface area contributed by atoms with Crippen LogP contribution in [0, 0.1) is 5.92 Å². The highest BCUT2D eigenvalue weighted by Crippen LogP contribution is 2.25. The van der Waals surface area contributed by atoms with Crippen LogP contribution in [0.25, 0.3) is 0 Å². The first-order valence-electron chi connectivity index (χ1n) is 5.47. The molecule has 0 atom stereocenters. The lowest BCUT2D eigenvalue weighted by molar-refractivity contribution is -0.130. The first kappa shape index (κ1) is 14.5. The fraction of sp³-hybridized carbons (Fsp3) is 0.900. The van der Waals surface area contributed by atoms with Crippen molar-refractivity contribution in [2.75, 3.05) is 11.5 Å². The standard InChI is InChI=1S/C10H15F3O3S/c11-10(12,13)5-6-17(15,16)7-8-1-3-9(14)4-2-8/h8H,1-7H2. The van der Waals surface area contributed by atoms with Crippen molar-refractivity contribution < 1.29 is 26.4 Å². The predicted octanol–water partition coefficient (Wildman–Crippen LogP) is 2.11. The van der Waals surface area contributed by atoms with E-state index in [9.17, 15) is 26.4 Å². The van der Waals surface area contributed by atoms with Gasteiger partial charge in [-0.05, 0) is 18.8 Å². The van der Waals surface area contributed by atoms with Crippen LogP contribution in [-0.2, 0) is 14.6 Å². The Balaban J connectivity index is 2.41. The second-order valence-corrected chi connectivity index (χ2v) is 6.69. The molecule has 1 fully saturated rings. The molecular weight excluding hydrogens is 257 g/mol. The number of hydrogen-bond donors (Lipinski definition) is 0. The average molecular weight is 272 g/mol. The number of ketones is 1. The topological polar surface area (TPSA) is 51.2 Å². The van der Waals surface area contributed by atoms with E-state index in [-0.39, 0.29) is 17.5 Å². The third-order valence-electron chi connectivity index (χ3n) is 2.85. The van der Waals surface area contributed by atoms with Gasteiger partial charge in [0.1, 0.15) is 5.78 Å². The molecule has 1 aliphatic rings. The van der Waals surface area contributed by atoms with Crippen LogP contribution in [0.4, 0.5) is 13.2 Å². The molecule has 1 saturated carbocycles.